The van der Waals surface area contributed by atoms with E-state index < -0.39 is 0 Å². The zero-order chi connectivity index (χ0) is 17.6. The molecule has 132 valence electrons. The smallest absolute Gasteiger partial charge is 0.236 e. The lowest BCUT2D eigenvalue weighted by atomic mass is 10.1. The van der Waals surface area contributed by atoms with Gasteiger partial charge in [-0.25, -0.2) is 0 Å². The first kappa shape index (κ1) is 17.9. The highest BCUT2D eigenvalue weighted by atomic mass is 35.5. The van der Waals surface area contributed by atoms with Gasteiger partial charge in [0.2, 0.25) is 5.91 Å². The van der Waals surface area contributed by atoms with Gasteiger partial charge in [-0.2, -0.15) is 0 Å². The van der Waals surface area contributed by atoms with E-state index in [1.807, 2.05) is 59.3 Å². The van der Waals surface area contributed by atoms with E-state index in [0.29, 0.717) is 37.8 Å². The normalized spacial score (nSPS) is 17.7. The van der Waals surface area contributed by atoms with Gasteiger partial charge < -0.3 is 9.64 Å². The molecule has 0 aliphatic carbocycles. The average Bonchev–Trinajstić information content (AvgIpc) is 2.63. The fourth-order valence-corrected chi connectivity index (χ4v) is 3.04. The summed E-state index contributed by atoms with van der Waals surface area (Å²) in [6.07, 6.45) is 1.67. The minimum absolute atomic E-state index is 0.101. The van der Waals surface area contributed by atoms with E-state index in [1.54, 1.807) is 6.20 Å². The van der Waals surface area contributed by atoms with E-state index in [2.05, 4.69) is 4.98 Å². The van der Waals surface area contributed by atoms with Gasteiger partial charge in [-0.3, -0.25) is 14.7 Å². The molecule has 5 nitrogen and oxygen atoms in total. The molecule has 1 fully saturated rings. The van der Waals surface area contributed by atoms with Crippen LogP contribution in [0.4, 0.5) is 0 Å². The molecular weight excluding hydrogens is 338 g/mol. The highest BCUT2D eigenvalue weighted by Crippen LogP contribution is 2.23. The minimum atomic E-state index is -0.101. The first-order valence-electron chi connectivity index (χ1n) is 8.35. The number of nitrogens with zero attached hydrogens (tertiary/aromatic N) is 3. The molecule has 0 bridgehead atoms. The summed E-state index contributed by atoms with van der Waals surface area (Å²) >= 11 is 5.94. The molecule has 0 saturated carbocycles. The average molecular weight is 360 g/mol. The molecule has 2 heterocycles. The molecule has 1 aromatic heterocycles. The standard InChI is InChI=1S/C19H22ClN3O2/c1-22(12-17-4-2-3-9-21-17)14-19(24)23-10-11-25-18(13-23)15-5-7-16(20)8-6-15/h2-9,18H,10-14H2,1H3. The number of carbonyl (C=O) groups is 1. The number of rotatable bonds is 5. The lowest BCUT2D eigenvalue weighted by Crippen LogP contribution is -2.46. The second-order valence-electron chi connectivity index (χ2n) is 6.24. The summed E-state index contributed by atoms with van der Waals surface area (Å²) in [6, 6.07) is 13.4. The van der Waals surface area contributed by atoms with Gasteiger partial charge in [0.1, 0.15) is 6.10 Å². The zero-order valence-corrected chi connectivity index (χ0v) is 15.0. The van der Waals surface area contributed by atoms with Crippen molar-refractivity contribution in [2.24, 2.45) is 0 Å². The predicted octanol–water partition coefficient (Wildman–Crippen LogP) is 2.77. The number of halogens is 1. The van der Waals surface area contributed by atoms with Gasteiger partial charge >= 0.3 is 0 Å². The van der Waals surface area contributed by atoms with E-state index in [-0.39, 0.29) is 12.0 Å². The third-order valence-corrected chi connectivity index (χ3v) is 4.48. The van der Waals surface area contributed by atoms with Crippen LogP contribution in [0.25, 0.3) is 0 Å². The van der Waals surface area contributed by atoms with Gasteiger partial charge in [-0.05, 0) is 36.9 Å². The molecule has 1 aliphatic rings. The number of hydrogen-bond donors (Lipinski definition) is 0. The SMILES string of the molecule is CN(CC(=O)N1CCOC(c2ccc(Cl)cc2)C1)Cc1ccccn1. The van der Waals surface area contributed by atoms with Crippen LogP contribution in [0.3, 0.4) is 0 Å². The lowest BCUT2D eigenvalue weighted by molar-refractivity contribution is -0.140. The Kier molecular flexibility index (Phi) is 6.02. The van der Waals surface area contributed by atoms with Gasteiger partial charge in [-0.15, -0.1) is 0 Å². The summed E-state index contributed by atoms with van der Waals surface area (Å²) in [5.74, 6) is 0.112. The summed E-state index contributed by atoms with van der Waals surface area (Å²) in [5, 5.41) is 0.698. The molecule has 1 saturated heterocycles. The Morgan fingerprint density at radius 2 is 2.12 bits per heavy atom. The molecule has 0 N–H and O–H groups in total. The van der Waals surface area contributed by atoms with Crippen LogP contribution < -0.4 is 0 Å². The minimum Gasteiger partial charge on any atom is -0.370 e. The van der Waals surface area contributed by atoms with E-state index >= 15 is 0 Å². The van der Waals surface area contributed by atoms with Crippen molar-refractivity contribution in [1.29, 1.82) is 0 Å². The molecule has 1 aliphatic heterocycles. The summed E-state index contributed by atoms with van der Waals surface area (Å²) in [5.41, 5.74) is 2.00. The monoisotopic (exact) mass is 359 g/mol. The predicted molar refractivity (Wildman–Crippen MR) is 97.3 cm³/mol. The van der Waals surface area contributed by atoms with Crippen LogP contribution in [0, 0.1) is 0 Å². The molecule has 2 aromatic rings. The van der Waals surface area contributed by atoms with Gasteiger partial charge in [-0.1, -0.05) is 29.8 Å². The fraction of sp³-hybridized carbons (Fsp3) is 0.368. The van der Waals surface area contributed by atoms with Crippen LogP contribution in [0.15, 0.2) is 48.7 Å². The Labute approximate surface area is 153 Å². The third kappa shape index (κ3) is 5.01. The van der Waals surface area contributed by atoms with E-state index in [1.165, 1.54) is 0 Å². The molecule has 25 heavy (non-hydrogen) atoms. The number of likely N-dealkylation sites (N-methyl/N-ethyl adjacent to an activating group) is 1. The van der Waals surface area contributed by atoms with Crippen molar-refractivity contribution < 1.29 is 9.53 Å². The van der Waals surface area contributed by atoms with Crippen LogP contribution in [-0.4, -0.2) is 54.0 Å². The molecule has 1 amide bonds. The van der Waals surface area contributed by atoms with Crippen molar-refractivity contribution in [3.05, 3.63) is 64.9 Å². The Hall–Kier alpha value is -1.95. The molecule has 1 atom stereocenters. The number of morpholine rings is 1. The first-order valence-corrected chi connectivity index (χ1v) is 8.73. The fourth-order valence-electron chi connectivity index (χ4n) is 2.91. The van der Waals surface area contributed by atoms with Gasteiger partial charge in [0.25, 0.3) is 0 Å². The van der Waals surface area contributed by atoms with Crippen molar-refractivity contribution in [2.45, 2.75) is 12.6 Å². The van der Waals surface area contributed by atoms with Crippen LogP contribution in [0.2, 0.25) is 5.02 Å². The first-order chi connectivity index (χ1) is 12.1. The summed E-state index contributed by atoms with van der Waals surface area (Å²) in [7, 11) is 1.93. The molecule has 1 aromatic carbocycles. The number of ether oxygens (including phenoxy) is 1. The van der Waals surface area contributed by atoms with E-state index in [9.17, 15) is 4.79 Å². The number of amides is 1. The second kappa shape index (κ2) is 8.43. The highest BCUT2D eigenvalue weighted by Gasteiger charge is 2.25. The lowest BCUT2D eigenvalue weighted by Gasteiger charge is -2.34. The largest absolute Gasteiger partial charge is 0.370 e. The Bertz CT molecular complexity index is 694. The quantitative estimate of drug-likeness (QED) is 0.823. The van der Waals surface area contributed by atoms with E-state index in [0.717, 1.165) is 11.3 Å². The maximum absolute atomic E-state index is 12.6. The summed E-state index contributed by atoms with van der Waals surface area (Å²) in [4.78, 5) is 20.8. The number of aromatic nitrogens is 1. The molecule has 1 unspecified atom stereocenters. The third-order valence-electron chi connectivity index (χ3n) is 4.22. The Balaban J connectivity index is 1.55. The van der Waals surface area contributed by atoms with Crippen molar-refractivity contribution in [3.8, 4) is 0 Å². The molecule has 6 heteroatoms. The molecule has 0 radical (unpaired) electrons. The van der Waals surface area contributed by atoms with Gasteiger partial charge in [0.15, 0.2) is 0 Å². The maximum atomic E-state index is 12.6. The zero-order valence-electron chi connectivity index (χ0n) is 14.3. The topological polar surface area (TPSA) is 45.7 Å². The molecule has 3 rings (SSSR count). The maximum Gasteiger partial charge on any atom is 0.236 e. The Morgan fingerprint density at radius 3 is 2.84 bits per heavy atom. The number of hydrogen-bond acceptors (Lipinski definition) is 4. The van der Waals surface area contributed by atoms with Crippen LogP contribution in [0.1, 0.15) is 17.4 Å². The molecule has 0 spiro atoms. The summed E-state index contributed by atoms with van der Waals surface area (Å²) < 4.78 is 5.82. The second-order valence-corrected chi connectivity index (χ2v) is 6.68. The van der Waals surface area contributed by atoms with Crippen LogP contribution in [0.5, 0.6) is 0 Å². The van der Waals surface area contributed by atoms with Crippen molar-refractivity contribution in [2.75, 3.05) is 33.3 Å². The molecular formula is C19H22ClN3O2. The van der Waals surface area contributed by atoms with Crippen molar-refractivity contribution >= 4 is 17.5 Å². The van der Waals surface area contributed by atoms with E-state index in [4.69, 9.17) is 16.3 Å². The van der Waals surface area contributed by atoms with Crippen molar-refractivity contribution in [1.82, 2.24) is 14.8 Å². The number of pyridine rings is 1. The Morgan fingerprint density at radius 1 is 1.32 bits per heavy atom. The summed E-state index contributed by atoms with van der Waals surface area (Å²) in [6.45, 7) is 2.75. The van der Waals surface area contributed by atoms with Crippen molar-refractivity contribution in [3.63, 3.8) is 0 Å². The van der Waals surface area contributed by atoms with Crippen LogP contribution in [-0.2, 0) is 16.1 Å². The number of carbonyl (C=O) groups excluding carboxylic acids is 1. The highest BCUT2D eigenvalue weighted by molar-refractivity contribution is 6.30. The van der Waals surface area contributed by atoms with Gasteiger partial charge in [0, 0.05) is 24.3 Å². The van der Waals surface area contributed by atoms with Crippen LogP contribution >= 0.6 is 11.6 Å². The van der Waals surface area contributed by atoms with Gasteiger partial charge in [0.05, 0.1) is 25.4 Å². The number of benzene rings is 1.